The Balaban J connectivity index is 3.02. The van der Waals surface area contributed by atoms with Crippen LogP contribution >= 0.6 is 15.9 Å². The van der Waals surface area contributed by atoms with E-state index in [-0.39, 0.29) is 12.0 Å². The maximum Gasteiger partial charge on any atom is 0.240 e. The van der Waals surface area contributed by atoms with Crippen LogP contribution in [-0.4, -0.2) is 14.5 Å². The first-order valence-electron chi connectivity index (χ1n) is 6.06. The van der Waals surface area contributed by atoms with Gasteiger partial charge in [0.05, 0.1) is 4.90 Å². The summed E-state index contributed by atoms with van der Waals surface area (Å²) in [5.41, 5.74) is 0.912. The molecule has 1 unspecified atom stereocenters. The summed E-state index contributed by atoms with van der Waals surface area (Å²) in [5, 5.41) is 0. The van der Waals surface area contributed by atoms with E-state index < -0.39 is 10.0 Å². The summed E-state index contributed by atoms with van der Waals surface area (Å²) in [7, 11) is -3.43. The van der Waals surface area contributed by atoms with Crippen molar-refractivity contribution in [1.82, 2.24) is 4.72 Å². The number of hydrogen-bond donors (Lipinski definition) is 1. The standard InChI is InChI=1S/C13H20BrNO2S/c1-5-13(9(2)3)15-18(16,17)11-6-7-12(14)10(4)8-11/h6-9,13,15H,5H2,1-4H3. The number of nitrogens with one attached hydrogen (secondary N) is 1. The van der Waals surface area contributed by atoms with E-state index in [2.05, 4.69) is 20.7 Å². The molecule has 0 radical (unpaired) electrons. The third-order valence-electron chi connectivity index (χ3n) is 2.99. The van der Waals surface area contributed by atoms with Crippen LogP contribution in [0, 0.1) is 12.8 Å². The van der Waals surface area contributed by atoms with Gasteiger partial charge in [-0.2, -0.15) is 0 Å². The highest BCUT2D eigenvalue weighted by molar-refractivity contribution is 9.10. The molecule has 5 heteroatoms. The Morgan fingerprint density at radius 3 is 2.39 bits per heavy atom. The molecule has 1 aromatic rings. The molecular formula is C13H20BrNO2S. The molecule has 1 atom stereocenters. The monoisotopic (exact) mass is 333 g/mol. The van der Waals surface area contributed by atoms with Crippen LogP contribution in [0.5, 0.6) is 0 Å². The number of halogens is 1. The number of sulfonamides is 1. The molecule has 1 aromatic carbocycles. The lowest BCUT2D eigenvalue weighted by Crippen LogP contribution is -2.37. The normalized spacial score (nSPS) is 13.9. The SMILES string of the molecule is CCC(NS(=O)(=O)c1ccc(Br)c(C)c1)C(C)C. The predicted molar refractivity (Wildman–Crippen MR) is 78.1 cm³/mol. The summed E-state index contributed by atoms with van der Waals surface area (Å²) < 4.78 is 28.2. The molecule has 0 aliphatic rings. The number of hydrogen-bond acceptors (Lipinski definition) is 2. The maximum absolute atomic E-state index is 12.2. The molecule has 0 bridgehead atoms. The molecular weight excluding hydrogens is 314 g/mol. The fraction of sp³-hybridized carbons (Fsp3) is 0.538. The molecule has 1 N–H and O–H groups in total. The summed E-state index contributed by atoms with van der Waals surface area (Å²) >= 11 is 3.37. The van der Waals surface area contributed by atoms with E-state index in [1.54, 1.807) is 18.2 Å². The highest BCUT2D eigenvalue weighted by atomic mass is 79.9. The van der Waals surface area contributed by atoms with Crippen LogP contribution in [0.2, 0.25) is 0 Å². The lowest BCUT2D eigenvalue weighted by atomic mass is 10.0. The minimum absolute atomic E-state index is 0.0287. The topological polar surface area (TPSA) is 46.2 Å². The van der Waals surface area contributed by atoms with E-state index in [0.29, 0.717) is 4.90 Å². The molecule has 0 aliphatic heterocycles. The molecule has 0 saturated carbocycles. The molecule has 0 fully saturated rings. The molecule has 0 aliphatic carbocycles. The van der Waals surface area contributed by atoms with E-state index in [0.717, 1.165) is 16.5 Å². The Morgan fingerprint density at radius 1 is 1.33 bits per heavy atom. The molecule has 18 heavy (non-hydrogen) atoms. The van der Waals surface area contributed by atoms with Crippen molar-refractivity contribution in [2.24, 2.45) is 5.92 Å². The quantitative estimate of drug-likeness (QED) is 0.896. The van der Waals surface area contributed by atoms with E-state index >= 15 is 0 Å². The largest absolute Gasteiger partial charge is 0.240 e. The second-order valence-corrected chi connectivity index (χ2v) is 7.36. The highest BCUT2D eigenvalue weighted by Crippen LogP contribution is 2.20. The number of rotatable bonds is 5. The maximum atomic E-state index is 12.2. The van der Waals surface area contributed by atoms with Crippen molar-refractivity contribution in [1.29, 1.82) is 0 Å². The molecule has 102 valence electrons. The van der Waals surface area contributed by atoms with Crippen molar-refractivity contribution in [2.75, 3.05) is 0 Å². The van der Waals surface area contributed by atoms with E-state index in [1.165, 1.54) is 0 Å². The van der Waals surface area contributed by atoms with E-state index in [4.69, 9.17) is 0 Å². The zero-order chi connectivity index (χ0) is 13.9. The third kappa shape index (κ3) is 3.80. The Kier molecular flexibility index (Phi) is 5.37. The molecule has 1 rings (SSSR count). The molecule has 3 nitrogen and oxygen atoms in total. The molecule has 0 spiro atoms. The van der Waals surface area contributed by atoms with Gasteiger partial charge in [-0.1, -0.05) is 36.7 Å². The zero-order valence-corrected chi connectivity index (χ0v) is 13.6. The van der Waals surface area contributed by atoms with Crippen molar-refractivity contribution in [3.8, 4) is 0 Å². The van der Waals surface area contributed by atoms with Crippen LogP contribution in [0.4, 0.5) is 0 Å². The third-order valence-corrected chi connectivity index (χ3v) is 5.37. The summed E-state index contributed by atoms with van der Waals surface area (Å²) in [4.78, 5) is 0.322. The zero-order valence-electron chi connectivity index (χ0n) is 11.2. The van der Waals surface area contributed by atoms with Crippen molar-refractivity contribution < 1.29 is 8.42 Å². The average Bonchev–Trinajstić information content (AvgIpc) is 2.29. The van der Waals surface area contributed by atoms with Crippen LogP contribution in [0.15, 0.2) is 27.6 Å². The van der Waals surface area contributed by atoms with Gasteiger partial charge in [0.15, 0.2) is 0 Å². The second-order valence-electron chi connectivity index (χ2n) is 4.79. The Labute approximate surface area is 118 Å². The smallest absolute Gasteiger partial charge is 0.208 e. The van der Waals surface area contributed by atoms with Gasteiger partial charge in [-0.3, -0.25) is 0 Å². The number of benzene rings is 1. The highest BCUT2D eigenvalue weighted by Gasteiger charge is 2.21. The van der Waals surface area contributed by atoms with Gasteiger partial charge in [0.25, 0.3) is 0 Å². The van der Waals surface area contributed by atoms with Crippen LogP contribution in [-0.2, 0) is 10.0 Å². The molecule has 0 heterocycles. The molecule has 0 amide bonds. The van der Waals surface area contributed by atoms with Gasteiger partial charge in [0.2, 0.25) is 10.0 Å². The van der Waals surface area contributed by atoms with Crippen LogP contribution < -0.4 is 4.72 Å². The fourth-order valence-electron chi connectivity index (χ4n) is 1.74. The molecule has 0 saturated heterocycles. The Bertz CT molecular complexity index is 512. The van der Waals surface area contributed by atoms with Gasteiger partial charge in [-0.15, -0.1) is 0 Å². The minimum Gasteiger partial charge on any atom is -0.208 e. The van der Waals surface area contributed by atoms with Crippen LogP contribution in [0.25, 0.3) is 0 Å². The average molecular weight is 334 g/mol. The minimum atomic E-state index is -3.43. The van der Waals surface area contributed by atoms with Gasteiger partial charge in [-0.05, 0) is 43.0 Å². The van der Waals surface area contributed by atoms with Gasteiger partial charge >= 0.3 is 0 Å². The second kappa shape index (κ2) is 6.17. The fourth-order valence-corrected chi connectivity index (χ4v) is 3.54. The lowest BCUT2D eigenvalue weighted by Gasteiger charge is -2.20. The van der Waals surface area contributed by atoms with Crippen molar-refractivity contribution in [3.63, 3.8) is 0 Å². The van der Waals surface area contributed by atoms with Crippen molar-refractivity contribution in [3.05, 3.63) is 28.2 Å². The lowest BCUT2D eigenvalue weighted by molar-refractivity contribution is 0.437. The first kappa shape index (κ1) is 15.7. The van der Waals surface area contributed by atoms with Gasteiger partial charge in [-0.25, -0.2) is 13.1 Å². The summed E-state index contributed by atoms with van der Waals surface area (Å²) in [6.45, 7) is 7.90. The molecule has 0 aromatic heterocycles. The van der Waals surface area contributed by atoms with E-state index in [1.807, 2.05) is 27.7 Å². The van der Waals surface area contributed by atoms with Crippen LogP contribution in [0.1, 0.15) is 32.8 Å². The summed E-state index contributed by atoms with van der Waals surface area (Å²) in [5.74, 6) is 0.279. The first-order chi connectivity index (χ1) is 8.27. The first-order valence-corrected chi connectivity index (χ1v) is 8.34. The van der Waals surface area contributed by atoms with Gasteiger partial charge in [0.1, 0.15) is 0 Å². The van der Waals surface area contributed by atoms with E-state index in [9.17, 15) is 8.42 Å². The van der Waals surface area contributed by atoms with Gasteiger partial charge < -0.3 is 0 Å². The van der Waals surface area contributed by atoms with Crippen LogP contribution in [0.3, 0.4) is 0 Å². The summed E-state index contributed by atoms with van der Waals surface area (Å²) in [6, 6.07) is 5.03. The van der Waals surface area contributed by atoms with Crippen molar-refractivity contribution >= 4 is 26.0 Å². The summed E-state index contributed by atoms with van der Waals surface area (Å²) in [6.07, 6.45) is 0.784. The van der Waals surface area contributed by atoms with Crippen molar-refractivity contribution in [2.45, 2.75) is 45.1 Å². The Morgan fingerprint density at radius 2 is 1.94 bits per heavy atom. The predicted octanol–water partition coefficient (Wildman–Crippen LogP) is 3.47. The van der Waals surface area contributed by atoms with Gasteiger partial charge in [0, 0.05) is 10.5 Å². The Hall–Kier alpha value is -0.390. The number of aryl methyl sites for hydroxylation is 1.